The molecule has 3 nitrogen and oxygen atoms in total. The molecule has 0 bridgehead atoms. The molecule has 0 fully saturated rings. The molecular formula is C20H21ClFN2O+. The first-order valence-electron chi connectivity index (χ1n) is 8.73. The second kappa shape index (κ2) is 6.43. The smallest absolute Gasteiger partial charge is 0.275 e. The van der Waals surface area contributed by atoms with Crippen molar-refractivity contribution in [3.05, 3.63) is 64.9 Å². The summed E-state index contributed by atoms with van der Waals surface area (Å²) in [4.78, 5) is 2.00. The van der Waals surface area contributed by atoms with E-state index in [4.69, 9.17) is 11.6 Å². The Morgan fingerprint density at radius 2 is 1.72 bits per heavy atom. The highest BCUT2D eigenvalue weighted by molar-refractivity contribution is 6.30. The zero-order valence-corrected chi connectivity index (χ0v) is 14.7. The van der Waals surface area contributed by atoms with Crippen LogP contribution >= 0.6 is 11.6 Å². The Labute approximate surface area is 152 Å². The lowest BCUT2D eigenvalue weighted by atomic mass is 10.00. The van der Waals surface area contributed by atoms with Gasteiger partial charge in [-0.1, -0.05) is 11.6 Å². The van der Waals surface area contributed by atoms with Gasteiger partial charge in [0.2, 0.25) is 0 Å². The average molecular weight is 360 g/mol. The van der Waals surface area contributed by atoms with Crippen LogP contribution < -0.4 is 4.90 Å². The van der Waals surface area contributed by atoms with E-state index in [-0.39, 0.29) is 5.82 Å². The van der Waals surface area contributed by atoms with Crippen LogP contribution in [0.4, 0.5) is 10.1 Å². The SMILES string of the molecule is OC1(c2ccc(F)cc2)C[N+]2=C(CCCCC2)N1c1ccc(Cl)cc1. The predicted octanol–water partition coefficient (Wildman–Crippen LogP) is 4.13. The molecule has 0 aliphatic carbocycles. The van der Waals surface area contributed by atoms with Crippen LogP contribution in [-0.2, 0) is 5.72 Å². The number of halogens is 2. The minimum Gasteiger partial charge on any atom is -0.346 e. The number of amidine groups is 1. The predicted molar refractivity (Wildman–Crippen MR) is 97.7 cm³/mol. The Balaban J connectivity index is 1.83. The van der Waals surface area contributed by atoms with E-state index in [0.29, 0.717) is 17.1 Å². The number of benzene rings is 2. The zero-order valence-electron chi connectivity index (χ0n) is 14.0. The molecule has 1 atom stereocenters. The molecule has 2 aromatic carbocycles. The van der Waals surface area contributed by atoms with Crippen LogP contribution in [-0.4, -0.2) is 28.6 Å². The van der Waals surface area contributed by atoms with Gasteiger partial charge < -0.3 is 5.11 Å². The minimum atomic E-state index is -1.21. The molecule has 0 amide bonds. The standard InChI is InChI=1S/C20H21ClFN2O/c21-16-7-11-18(12-8-16)24-19-4-2-1-3-13-23(19)14-20(24,25)15-5-9-17(22)10-6-15/h5-12,25H,1-4,13-14H2/q+1. The molecule has 2 aliphatic rings. The molecule has 25 heavy (non-hydrogen) atoms. The summed E-state index contributed by atoms with van der Waals surface area (Å²) in [6, 6.07) is 13.7. The fourth-order valence-corrected chi connectivity index (χ4v) is 4.04. The molecule has 1 N–H and O–H groups in total. The molecular weight excluding hydrogens is 339 g/mol. The summed E-state index contributed by atoms with van der Waals surface area (Å²) in [7, 11) is 0. The van der Waals surface area contributed by atoms with E-state index < -0.39 is 5.72 Å². The maximum absolute atomic E-state index is 13.4. The van der Waals surface area contributed by atoms with Gasteiger partial charge in [-0.3, -0.25) is 4.58 Å². The molecule has 1 unspecified atom stereocenters. The lowest BCUT2D eigenvalue weighted by molar-refractivity contribution is -0.534. The van der Waals surface area contributed by atoms with Crippen molar-refractivity contribution in [2.75, 3.05) is 18.0 Å². The number of nitrogens with zero attached hydrogens (tertiary/aromatic N) is 2. The third-order valence-electron chi connectivity index (χ3n) is 5.12. The molecule has 4 rings (SSSR count). The summed E-state index contributed by atoms with van der Waals surface area (Å²) < 4.78 is 15.7. The Morgan fingerprint density at radius 1 is 1.00 bits per heavy atom. The van der Waals surface area contributed by atoms with Crippen LogP contribution in [0.2, 0.25) is 5.02 Å². The minimum absolute atomic E-state index is 0.300. The van der Waals surface area contributed by atoms with E-state index in [9.17, 15) is 9.50 Å². The second-order valence-corrected chi connectivity index (χ2v) is 7.22. The van der Waals surface area contributed by atoms with Gasteiger partial charge in [0.25, 0.3) is 11.6 Å². The van der Waals surface area contributed by atoms with Gasteiger partial charge in [0.1, 0.15) is 11.5 Å². The van der Waals surface area contributed by atoms with E-state index >= 15 is 0 Å². The molecule has 0 spiro atoms. The summed E-state index contributed by atoms with van der Waals surface area (Å²) in [5, 5.41) is 12.3. The Hall–Kier alpha value is -1.91. The number of hydrogen-bond donors (Lipinski definition) is 1. The molecule has 0 saturated heterocycles. The molecule has 2 aliphatic heterocycles. The summed E-state index contributed by atoms with van der Waals surface area (Å²) in [5.74, 6) is 0.831. The quantitative estimate of drug-likeness (QED) is 0.816. The topological polar surface area (TPSA) is 26.5 Å². The van der Waals surface area contributed by atoms with Crippen LogP contribution in [0.5, 0.6) is 0 Å². The van der Waals surface area contributed by atoms with Crippen molar-refractivity contribution in [1.29, 1.82) is 0 Å². The molecule has 0 radical (unpaired) electrons. The van der Waals surface area contributed by atoms with Crippen molar-refractivity contribution in [1.82, 2.24) is 0 Å². The lowest BCUT2D eigenvalue weighted by Crippen LogP contribution is -2.47. The van der Waals surface area contributed by atoms with Crippen molar-refractivity contribution in [3.8, 4) is 0 Å². The van der Waals surface area contributed by atoms with Gasteiger partial charge in [-0.2, -0.15) is 4.90 Å². The third-order valence-corrected chi connectivity index (χ3v) is 5.38. The van der Waals surface area contributed by atoms with E-state index in [2.05, 4.69) is 4.58 Å². The molecule has 130 valence electrons. The number of anilines is 1. The van der Waals surface area contributed by atoms with Gasteiger partial charge in [0, 0.05) is 17.0 Å². The highest BCUT2D eigenvalue weighted by atomic mass is 35.5. The second-order valence-electron chi connectivity index (χ2n) is 6.78. The lowest BCUT2D eigenvalue weighted by Gasteiger charge is -2.29. The van der Waals surface area contributed by atoms with E-state index in [1.54, 1.807) is 12.1 Å². The first kappa shape index (κ1) is 16.6. The largest absolute Gasteiger partial charge is 0.346 e. The molecule has 0 saturated carbocycles. The van der Waals surface area contributed by atoms with Gasteiger partial charge in [-0.05, 0) is 67.8 Å². The average Bonchev–Trinajstić information content (AvgIpc) is 2.74. The molecule has 0 aromatic heterocycles. The Morgan fingerprint density at radius 3 is 2.44 bits per heavy atom. The Kier molecular flexibility index (Phi) is 4.26. The number of hydrogen-bond acceptors (Lipinski definition) is 2. The summed E-state index contributed by atoms with van der Waals surface area (Å²) >= 11 is 6.05. The van der Waals surface area contributed by atoms with Crippen molar-refractivity contribution >= 4 is 23.1 Å². The highest BCUT2D eigenvalue weighted by Gasteiger charge is 2.53. The van der Waals surface area contributed by atoms with E-state index in [0.717, 1.165) is 37.3 Å². The maximum Gasteiger partial charge on any atom is 0.275 e. The maximum atomic E-state index is 13.4. The van der Waals surface area contributed by atoms with Gasteiger partial charge in [0.05, 0.1) is 6.54 Å². The van der Waals surface area contributed by atoms with Crippen LogP contribution in [0.25, 0.3) is 0 Å². The normalized spacial score (nSPS) is 23.6. The molecule has 2 heterocycles. The van der Waals surface area contributed by atoms with Crippen molar-refractivity contribution in [2.24, 2.45) is 0 Å². The number of aliphatic hydroxyl groups is 1. The first-order valence-corrected chi connectivity index (χ1v) is 9.11. The summed E-state index contributed by atoms with van der Waals surface area (Å²) in [5.41, 5.74) is 0.383. The Bertz CT molecular complexity index is 803. The van der Waals surface area contributed by atoms with Gasteiger partial charge in [-0.15, -0.1) is 0 Å². The van der Waals surface area contributed by atoms with Crippen LogP contribution in [0.3, 0.4) is 0 Å². The monoisotopic (exact) mass is 359 g/mol. The molecule has 5 heteroatoms. The highest BCUT2D eigenvalue weighted by Crippen LogP contribution is 2.38. The van der Waals surface area contributed by atoms with Crippen molar-refractivity contribution < 1.29 is 14.1 Å². The van der Waals surface area contributed by atoms with Gasteiger partial charge >= 0.3 is 0 Å². The summed E-state index contributed by atoms with van der Waals surface area (Å²) in [6.07, 6.45) is 4.35. The van der Waals surface area contributed by atoms with Crippen LogP contribution in [0.15, 0.2) is 48.5 Å². The van der Waals surface area contributed by atoms with Crippen molar-refractivity contribution in [3.63, 3.8) is 0 Å². The fourth-order valence-electron chi connectivity index (χ4n) is 3.91. The summed E-state index contributed by atoms with van der Waals surface area (Å²) in [6.45, 7) is 1.42. The third kappa shape index (κ3) is 2.94. The zero-order chi connectivity index (χ0) is 17.4. The van der Waals surface area contributed by atoms with Gasteiger partial charge in [0.15, 0.2) is 6.54 Å². The first-order chi connectivity index (χ1) is 12.1. The van der Waals surface area contributed by atoms with E-state index in [1.807, 2.05) is 29.2 Å². The number of rotatable bonds is 2. The van der Waals surface area contributed by atoms with Crippen molar-refractivity contribution in [2.45, 2.75) is 31.4 Å². The van der Waals surface area contributed by atoms with Crippen LogP contribution in [0.1, 0.15) is 31.2 Å². The fraction of sp³-hybridized carbons (Fsp3) is 0.350. The van der Waals surface area contributed by atoms with Gasteiger partial charge in [-0.25, -0.2) is 4.39 Å². The van der Waals surface area contributed by atoms with Crippen LogP contribution in [0, 0.1) is 5.82 Å². The van der Waals surface area contributed by atoms with E-state index in [1.165, 1.54) is 18.6 Å². The molecule has 2 aromatic rings.